The molecule has 0 spiro atoms. The second-order valence-corrected chi connectivity index (χ2v) is 12.4. The molecule has 2 aromatic carbocycles. The minimum Gasteiger partial charge on any atom is -0.477 e. The molecule has 4 fully saturated rings. The summed E-state index contributed by atoms with van der Waals surface area (Å²) < 4.78 is 6.40. The Morgan fingerprint density at radius 2 is 1.83 bits per heavy atom. The summed E-state index contributed by atoms with van der Waals surface area (Å²) >= 11 is 0. The minimum atomic E-state index is -0.697. The van der Waals surface area contributed by atoms with Gasteiger partial charge in [0.15, 0.2) is 5.60 Å². The SMILES string of the molecule is O=C([C@@H]1CCCN(c2cccc(OC3(C(=O)N4CC[NH2+]CC4)CC3)c2)C1)N(Cc1ccc(-c2cn[nH]c2)cc1)C1CC1. The van der Waals surface area contributed by atoms with Gasteiger partial charge in [-0.15, -0.1) is 0 Å². The van der Waals surface area contributed by atoms with E-state index in [4.69, 9.17) is 4.74 Å². The molecule has 0 bridgehead atoms. The number of nitrogens with one attached hydrogen (secondary N) is 1. The lowest BCUT2D eigenvalue weighted by Gasteiger charge is -2.36. The van der Waals surface area contributed by atoms with Crippen LogP contribution >= 0.6 is 0 Å². The van der Waals surface area contributed by atoms with Crippen LogP contribution in [0.5, 0.6) is 5.75 Å². The van der Waals surface area contributed by atoms with Crippen LogP contribution < -0.4 is 15.0 Å². The Kier molecular flexibility index (Phi) is 7.36. The molecule has 3 N–H and O–H groups in total. The number of hydrogen-bond acceptors (Lipinski definition) is 5. The topological polar surface area (TPSA) is 98.4 Å². The van der Waals surface area contributed by atoms with E-state index in [0.29, 0.717) is 19.1 Å². The van der Waals surface area contributed by atoms with Gasteiger partial charge in [-0.25, -0.2) is 0 Å². The summed E-state index contributed by atoms with van der Waals surface area (Å²) in [6.07, 6.45) is 9.34. The van der Waals surface area contributed by atoms with Crippen molar-refractivity contribution in [2.45, 2.75) is 56.7 Å². The fraction of sp³-hybridized carbons (Fsp3) is 0.485. The van der Waals surface area contributed by atoms with Crippen LogP contribution in [-0.4, -0.2) is 82.7 Å². The largest absolute Gasteiger partial charge is 0.477 e. The third-order valence-corrected chi connectivity index (χ3v) is 9.26. The van der Waals surface area contributed by atoms with Gasteiger partial charge in [0.1, 0.15) is 5.75 Å². The standard InChI is InChI=1S/C33H40N6O3/c40-31(39(28-10-11-28)22-24-6-8-25(9-7-24)27-20-35-36-21-27)26-3-2-16-38(23-26)29-4-1-5-30(19-29)42-33(12-13-33)32(41)37-17-14-34-15-18-37/h1,4-9,19-21,26,28,34H,2-3,10-18,22-23H2,(H,35,36)/p+1/t26-/m1/s1. The maximum Gasteiger partial charge on any atom is 0.267 e. The molecular weight excluding hydrogens is 528 g/mol. The Labute approximate surface area is 247 Å². The molecule has 1 atom stereocenters. The number of carbonyl (C=O) groups is 2. The van der Waals surface area contributed by atoms with Gasteiger partial charge in [-0.1, -0.05) is 30.3 Å². The first-order chi connectivity index (χ1) is 20.6. The Hall–Kier alpha value is -3.85. The Bertz CT molecular complexity index is 1390. The number of rotatable bonds is 9. The van der Waals surface area contributed by atoms with Crippen LogP contribution in [0.4, 0.5) is 5.69 Å². The smallest absolute Gasteiger partial charge is 0.267 e. The van der Waals surface area contributed by atoms with E-state index in [2.05, 4.69) is 61.7 Å². The number of amides is 2. The first-order valence-corrected chi connectivity index (χ1v) is 15.6. The van der Waals surface area contributed by atoms with Gasteiger partial charge in [0.2, 0.25) is 5.91 Å². The zero-order valence-electron chi connectivity index (χ0n) is 24.2. The van der Waals surface area contributed by atoms with Crippen molar-refractivity contribution in [3.63, 3.8) is 0 Å². The molecule has 2 aliphatic heterocycles. The quantitative estimate of drug-likeness (QED) is 0.413. The first-order valence-electron chi connectivity index (χ1n) is 15.6. The molecule has 2 aliphatic carbocycles. The Balaban J connectivity index is 1.00. The summed E-state index contributed by atoms with van der Waals surface area (Å²) in [6.45, 7) is 5.79. The van der Waals surface area contributed by atoms with E-state index in [0.717, 1.165) is 99.4 Å². The van der Waals surface area contributed by atoms with Crippen LogP contribution in [0.2, 0.25) is 0 Å². The second kappa shape index (κ2) is 11.4. The minimum absolute atomic E-state index is 0.0265. The predicted molar refractivity (Wildman–Crippen MR) is 160 cm³/mol. The lowest BCUT2D eigenvalue weighted by molar-refractivity contribution is -0.662. The number of benzene rings is 2. The van der Waals surface area contributed by atoms with Crippen molar-refractivity contribution < 1.29 is 19.6 Å². The van der Waals surface area contributed by atoms with E-state index >= 15 is 0 Å². The van der Waals surface area contributed by atoms with Crippen molar-refractivity contribution in [3.8, 4) is 16.9 Å². The highest BCUT2D eigenvalue weighted by Crippen LogP contribution is 2.43. The molecule has 4 aliphatic rings. The number of piperidine rings is 1. The van der Waals surface area contributed by atoms with E-state index in [9.17, 15) is 9.59 Å². The van der Waals surface area contributed by atoms with Gasteiger partial charge in [0.05, 0.1) is 38.3 Å². The van der Waals surface area contributed by atoms with Gasteiger partial charge in [-0.05, 0) is 48.9 Å². The molecule has 1 aromatic heterocycles. The lowest BCUT2D eigenvalue weighted by Crippen LogP contribution is -2.90. The molecule has 9 nitrogen and oxygen atoms in total. The number of quaternary nitrogens is 1. The maximum atomic E-state index is 13.9. The normalized spacial score (nSPS) is 21.6. The van der Waals surface area contributed by atoms with Gasteiger partial charge < -0.3 is 24.8 Å². The molecule has 2 amide bonds. The molecule has 0 unspecified atom stereocenters. The van der Waals surface area contributed by atoms with E-state index < -0.39 is 5.60 Å². The van der Waals surface area contributed by atoms with Crippen molar-refractivity contribution in [2.24, 2.45) is 5.92 Å². The number of H-pyrrole nitrogens is 1. The number of aromatic nitrogens is 2. The number of nitrogens with two attached hydrogens (primary N) is 1. The summed E-state index contributed by atoms with van der Waals surface area (Å²) in [6, 6.07) is 17.0. The van der Waals surface area contributed by atoms with Gasteiger partial charge in [-0.2, -0.15) is 5.10 Å². The second-order valence-electron chi connectivity index (χ2n) is 12.4. The van der Waals surface area contributed by atoms with E-state index in [-0.39, 0.29) is 17.7 Å². The van der Waals surface area contributed by atoms with Gasteiger partial charge in [0.25, 0.3) is 5.91 Å². The average Bonchev–Trinajstić information content (AvgIpc) is 3.98. The van der Waals surface area contributed by atoms with Crippen LogP contribution in [0.1, 0.15) is 44.1 Å². The summed E-state index contributed by atoms with van der Waals surface area (Å²) in [5.74, 6) is 1.13. The fourth-order valence-electron chi connectivity index (χ4n) is 6.51. The number of nitrogens with zero attached hydrogens (tertiary/aromatic N) is 4. The summed E-state index contributed by atoms with van der Waals surface area (Å²) in [7, 11) is 0. The van der Waals surface area contributed by atoms with Crippen molar-refractivity contribution in [3.05, 3.63) is 66.5 Å². The highest BCUT2D eigenvalue weighted by Gasteiger charge is 2.55. The number of piperazine rings is 1. The molecule has 2 saturated heterocycles. The van der Waals surface area contributed by atoms with E-state index in [1.807, 2.05) is 29.4 Å². The fourth-order valence-corrected chi connectivity index (χ4v) is 6.51. The highest BCUT2D eigenvalue weighted by atomic mass is 16.5. The van der Waals surface area contributed by atoms with Crippen LogP contribution in [0, 0.1) is 5.92 Å². The molecule has 3 aromatic rings. The van der Waals surface area contributed by atoms with Crippen molar-refractivity contribution in [1.29, 1.82) is 0 Å². The van der Waals surface area contributed by atoms with Crippen LogP contribution in [0.3, 0.4) is 0 Å². The molecule has 220 valence electrons. The Morgan fingerprint density at radius 1 is 1.02 bits per heavy atom. The van der Waals surface area contributed by atoms with Crippen LogP contribution in [-0.2, 0) is 16.1 Å². The average molecular weight is 570 g/mol. The van der Waals surface area contributed by atoms with Crippen LogP contribution in [0.25, 0.3) is 11.1 Å². The summed E-state index contributed by atoms with van der Waals surface area (Å²) in [4.78, 5) is 33.6. The monoisotopic (exact) mass is 569 g/mol. The van der Waals surface area contributed by atoms with Gasteiger partial charge in [-0.3, -0.25) is 14.7 Å². The molecule has 3 heterocycles. The third-order valence-electron chi connectivity index (χ3n) is 9.26. The Morgan fingerprint density at radius 3 is 2.55 bits per heavy atom. The lowest BCUT2D eigenvalue weighted by atomic mass is 9.95. The number of hydrogen-bond donors (Lipinski definition) is 2. The number of aromatic amines is 1. The van der Waals surface area contributed by atoms with Crippen LogP contribution in [0.15, 0.2) is 60.9 Å². The van der Waals surface area contributed by atoms with Crippen molar-refractivity contribution >= 4 is 17.5 Å². The molecule has 9 heteroatoms. The van der Waals surface area contributed by atoms with E-state index in [1.165, 1.54) is 0 Å². The predicted octanol–water partition coefficient (Wildman–Crippen LogP) is 2.80. The molecule has 7 rings (SSSR count). The summed E-state index contributed by atoms with van der Waals surface area (Å²) in [5, 5.41) is 9.17. The van der Waals surface area contributed by atoms with Crippen molar-refractivity contribution in [1.82, 2.24) is 20.0 Å². The molecular formula is C33H41N6O3+. The van der Waals surface area contributed by atoms with Gasteiger partial charge in [0, 0.05) is 62.0 Å². The van der Waals surface area contributed by atoms with Gasteiger partial charge >= 0.3 is 0 Å². The third kappa shape index (κ3) is 5.75. The molecule has 2 saturated carbocycles. The number of ether oxygens (including phenoxy) is 1. The van der Waals surface area contributed by atoms with E-state index in [1.54, 1.807) is 0 Å². The molecule has 42 heavy (non-hydrogen) atoms. The number of carbonyl (C=O) groups excluding carboxylic acids is 2. The zero-order chi connectivity index (χ0) is 28.5. The number of anilines is 1. The summed E-state index contributed by atoms with van der Waals surface area (Å²) in [5.41, 5.74) is 3.71. The molecule has 0 radical (unpaired) electrons. The maximum absolute atomic E-state index is 13.9. The highest BCUT2D eigenvalue weighted by molar-refractivity contribution is 5.88. The first kappa shape index (κ1) is 27.0. The van der Waals surface area contributed by atoms with Crippen molar-refractivity contribution in [2.75, 3.05) is 44.2 Å². The zero-order valence-corrected chi connectivity index (χ0v) is 24.2.